The highest BCUT2D eigenvalue weighted by molar-refractivity contribution is 8.35. The average Bonchev–Trinajstić information content (AvgIpc) is 3.80. The van der Waals surface area contributed by atoms with E-state index in [1.54, 1.807) is 53.1 Å². The Hall–Kier alpha value is -3.64. The topological polar surface area (TPSA) is 79.5 Å². The van der Waals surface area contributed by atoms with Crippen LogP contribution in [0.1, 0.15) is 15.3 Å². The fraction of sp³-hybridized carbons (Fsp3) is 0.0625. The summed E-state index contributed by atoms with van der Waals surface area (Å²) >= 11 is 8.24. The Morgan fingerprint density at radius 1 is 0.810 bits per heavy atom. The summed E-state index contributed by atoms with van der Waals surface area (Å²) in [5.41, 5.74) is 0.472. The number of benzene rings is 3. The molecule has 0 radical (unpaired) electrons. The average molecular weight is 640 g/mol. The number of carboxylic acid groups (broad SMARTS) is 1. The molecule has 0 spiro atoms. The van der Waals surface area contributed by atoms with Crippen LogP contribution in [0.4, 0.5) is 0 Å². The lowest BCUT2D eigenvalue weighted by molar-refractivity contribution is -0.132. The second-order valence-electron chi connectivity index (χ2n) is 9.02. The van der Waals surface area contributed by atoms with Crippen LogP contribution in [0.3, 0.4) is 0 Å². The molecule has 4 heterocycles. The van der Waals surface area contributed by atoms with Crippen LogP contribution in [-0.2, 0) is 4.79 Å². The molecule has 7 rings (SSSR count). The van der Waals surface area contributed by atoms with Gasteiger partial charge in [-0.05, 0) is 67.3 Å². The minimum Gasteiger partial charge on any atom is -0.485 e. The molecule has 1 N–H and O–H groups in total. The zero-order valence-electron chi connectivity index (χ0n) is 21.5. The largest absolute Gasteiger partial charge is 0.485 e. The van der Waals surface area contributed by atoms with E-state index in [1.165, 1.54) is 52.5 Å². The number of nitrogens with zero attached hydrogens (tertiary/aromatic N) is 1. The number of fused-ring (bicyclic) bond motifs is 3. The summed E-state index contributed by atoms with van der Waals surface area (Å²) in [6.07, 6.45) is 1.31. The Morgan fingerprint density at radius 3 is 2.02 bits per heavy atom. The number of nitriles is 1. The number of ether oxygens (including phenoxy) is 2. The molecule has 3 aliphatic rings. The SMILES string of the molecule is N#C/C(=C\c1sc(C#Cc2ccc3c(=C4SC=CS4)c4ccccc4c(=C4SC=CS4)c3c2)c2c1OCCO2)C(=O)O. The van der Waals surface area contributed by atoms with E-state index in [0.29, 0.717) is 34.5 Å². The first-order chi connectivity index (χ1) is 20.6. The van der Waals surface area contributed by atoms with Crippen LogP contribution in [0.25, 0.3) is 36.1 Å². The van der Waals surface area contributed by atoms with Crippen molar-refractivity contribution in [3.63, 3.8) is 0 Å². The molecule has 0 amide bonds. The maximum atomic E-state index is 11.4. The van der Waals surface area contributed by atoms with Gasteiger partial charge in [0.25, 0.3) is 0 Å². The summed E-state index contributed by atoms with van der Waals surface area (Å²) < 4.78 is 14.2. The monoisotopic (exact) mass is 639 g/mol. The van der Waals surface area contributed by atoms with E-state index in [9.17, 15) is 15.2 Å². The zero-order chi connectivity index (χ0) is 28.6. The molecule has 0 fully saturated rings. The molecule has 3 aromatic carbocycles. The highest BCUT2D eigenvalue weighted by atomic mass is 32.2. The minimum absolute atomic E-state index is 0.338. The van der Waals surface area contributed by atoms with Crippen molar-refractivity contribution in [2.45, 2.75) is 0 Å². The summed E-state index contributed by atoms with van der Waals surface area (Å²) in [7, 11) is 0. The van der Waals surface area contributed by atoms with Crippen molar-refractivity contribution in [1.82, 2.24) is 0 Å². The summed E-state index contributed by atoms with van der Waals surface area (Å²) in [5.74, 6) is 6.18. The molecule has 0 aliphatic carbocycles. The summed E-state index contributed by atoms with van der Waals surface area (Å²) in [4.78, 5) is 12.6. The lowest BCUT2D eigenvalue weighted by Gasteiger charge is -2.15. The Balaban J connectivity index is 1.44. The van der Waals surface area contributed by atoms with E-state index in [1.807, 2.05) is 6.07 Å². The third-order valence-corrected chi connectivity index (χ3v) is 11.9. The molecule has 10 heteroatoms. The summed E-state index contributed by atoms with van der Waals surface area (Å²) in [5, 5.41) is 34.3. The van der Waals surface area contributed by atoms with Gasteiger partial charge in [0.15, 0.2) is 11.5 Å². The molecule has 42 heavy (non-hydrogen) atoms. The second kappa shape index (κ2) is 11.6. The fourth-order valence-electron chi connectivity index (χ4n) is 4.90. The Labute approximate surface area is 261 Å². The molecule has 0 unspecified atom stereocenters. The van der Waals surface area contributed by atoms with Crippen molar-refractivity contribution in [2.75, 3.05) is 13.2 Å². The summed E-state index contributed by atoms with van der Waals surface area (Å²) in [6, 6.07) is 16.7. The standard InChI is InChI=1S/C32H17NO4S5/c33-17-19(30(34)35)16-25-29-28(36-9-10-37-29)24(42-25)8-6-18-5-7-22-23(15-18)27(32-40-13-14-41-32)21-4-2-1-3-20(21)26(22)31-38-11-12-39-31/h1-5,7,11-16H,9-10H2,(H,34,35)/b19-16+. The predicted octanol–water partition coefficient (Wildman–Crippen LogP) is 7.25. The molecule has 0 bridgehead atoms. The third-order valence-electron chi connectivity index (χ3n) is 6.61. The van der Waals surface area contributed by atoms with Crippen LogP contribution < -0.4 is 19.9 Å². The van der Waals surface area contributed by atoms with E-state index in [0.717, 1.165) is 10.9 Å². The van der Waals surface area contributed by atoms with Gasteiger partial charge in [0.1, 0.15) is 29.7 Å². The number of hydrogen-bond donors (Lipinski definition) is 1. The van der Waals surface area contributed by atoms with E-state index in [2.05, 4.69) is 69.9 Å². The van der Waals surface area contributed by atoms with E-state index >= 15 is 0 Å². The number of thioether (sulfide) groups is 4. The van der Waals surface area contributed by atoms with Crippen molar-refractivity contribution in [3.8, 4) is 29.4 Å². The van der Waals surface area contributed by atoms with Crippen molar-refractivity contribution < 1.29 is 19.4 Å². The lowest BCUT2D eigenvalue weighted by Crippen LogP contribution is -2.17. The van der Waals surface area contributed by atoms with Gasteiger partial charge < -0.3 is 14.6 Å². The quantitative estimate of drug-likeness (QED) is 0.106. The van der Waals surface area contributed by atoms with Gasteiger partial charge in [-0.1, -0.05) is 83.3 Å². The first kappa shape index (κ1) is 27.2. The van der Waals surface area contributed by atoms with Crippen molar-refractivity contribution >= 4 is 100 Å². The zero-order valence-corrected chi connectivity index (χ0v) is 25.6. The minimum atomic E-state index is -1.29. The normalized spacial score (nSPS) is 15.7. The smallest absolute Gasteiger partial charge is 0.346 e. The van der Waals surface area contributed by atoms with Crippen LogP contribution in [0.15, 0.2) is 69.7 Å². The van der Waals surface area contributed by atoms with Gasteiger partial charge in [-0.15, -0.1) is 11.3 Å². The van der Waals surface area contributed by atoms with Gasteiger partial charge in [0, 0.05) is 16.0 Å². The number of thiophene rings is 1. The maximum absolute atomic E-state index is 11.4. The van der Waals surface area contributed by atoms with Crippen LogP contribution in [-0.4, -0.2) is 24.3 Å². The van der Waals surface area contributed by atoms with E-state index in [-0.39, 0.29) is 5.57 Å². The molecule has 1 aromatic heterocycles. The van der Waals surface area contributed by atoms with Gasteiger partial charge in [0.2, 0.25) is 0 Å². The van der Waals surface area contributed by atoms with Crippen molar-refractivity contribution in [3.05, 3.63) is 95.4 Å². The molecule has 0 saturated heterocycles. The molecule has 0 atom stereocenters. The van der Waals surface area contributed by atoms with Crippen LogP contribution in [0, 0.1) is 23.2 Å². The first-order valence-electron chi connectivity index (χ1n) is 12.6. The van der Waals surface area contributed by atoms with Gasteiger partial charge in [-0.2, -0.15) is 5.26 Å². The molecule has 0 saturated carbocycles. The highest BCUT2D eigenvalue weighted by Crippen LogP contribution is 2.45. The first-order valence-corrected chi connectivity index (χ1v) is 16.9. The van der Waals surface area contributed by atoms with Crippen LogP contribution >= 0.6 is 58.4 Å². The van der Waals surface area contributed by atoms with Gasteiger partial charge in [0.05, 0.1) is 13.4 Å². The number of carbonyl (C=O) groups is 1. The molecular formula is C32H17NO4S5. The predicted molar refractivity (Wildman–Crippen MR) is 179 cm³/mol. The van der Waals surface area contributed by atoms with Gasteiger partial charge >= 0.3 is 5.97 Å². The lowest BCUT2D eigenvalue weighted by atomic mass is 9.97. The second-order valence-corrected chi connectivity index (χ2v) is 14.3. The van der Waals surface area contributed by atoms with E-state index in [4.69, 9.17) is 9.47 Å². The highest BCUT2D eigenvalue weighted by Gasteiger charge is 2.24. The van der Waals surface area contributed by atoms with Crippen LogP contribution in [0.2, 0.25) is 0 Å². The molecule has 4 aromatic rings. The van der Waals surface area contributed by atoms with Crippen LogP contribution in [0.5, 0.6) is 11.5 Å². The Morgan fingerprint density at radius 2 is 1.40 bits per heavy atom. The Kier molecular flexibility index (Phi) is 7.49. The van der Waals surface area contributed by atoms with Crippen molar-refractivity contribution in [1.29, 1.82) is 5.26 Å². The summed E-state index contributed by atoms with van der Waals surface area (Å²) in [6.45, 7) is 0.706. The number of carboxylic acids is 1. The van der Waals surface area contributed by atoms with E-state index < -0.39 is 5.97 Å². The number of aliphatic carboxylic acids is 1. The Bertz CT molecular complexity index is 2140. The molecule has 204 valence electrons. The van der Waals surface area contributed by atoms with Gasteiger partial charge in [-0.25, -0.2) is 4.79 Å². The molecule has 3 aliphatic heterocycles. The fourth-order valence-corrected chi connectivity index (χ4v) is 9.73. The number of rotatable bonds is 2. The third kappa shape index (κ3) is 4.90. The molecular weight excluding hydrogens is 623 g/mol. The van der Waals surface area contributed by atoms with Crippen molar-refractivity contribution in [2.24, 2.45) is 0 Å². The van der Waals surface area contributed by atoms with Gasteiger partial charge in [-0.3, -0.25) is 0 Å². The number of hydrogen-bond acceptors (Lipinski definition) is 9. The molecule has 5 nitrogen and oxygen atoms in total. The maximum Gasteiger partial charge on any atom is 0.346 e.